The molecule has 88 valence electrons. The molecule has 1 heterocycles. The molecule has 1 aliphatic carbocycles. The van der Waals surface area contributed by atoms with E-state index in [1.165, 1.54) is 5.35 Å². The number of aromatic nitrogens is 2. The van der Waals surface area contributed by atoms with E-state index in [-0.39, 0.29) is 0 Å². The van der Waals surface area contributed by atoms with Crippen molar-refractivity contribution >= 4 is 12.2 Å². The highest BCUT2D eigenvalue weighted by Crippen LogP contribution is 1.94. The van der Waals surface area contributed by atoms with Crippen LogP contribution >= 0.6 is 0 Å². The number of rotatable bonds is 6. The van der Waals surface area contributed by atoms with Crippen molar-refractivity contribution in [2.24, 2.45) is 5.73 Å². The summed E-state index contributed by atoms with van der Waals surface area (Å²) in [6.07, 6.45) is 8.88. The molecular formula is C12H20N4. The Bertz CT molecular complexity index is 399. The van der Waals surface area contributed by atoms with Crippen molar-refractivity contribution in [1.82, 2.24) is 15.3 Å². The van der Waals surface area contributed by atoms with Gasteiger partial charge in [-0.1, -0.05) is 12.2 Å². The molecule has 16 heavy (non-hydrogen) atoms. The lowest BCUT2D eigenvalue weighted by molar-refractivity contribution is 0.614. The molecule has 0 radical (unpaired) electrons. The zero-order valence-corrected chi connectivity index (χ0v) is 9.63. The van der Waals surface area contributed by atoms with Gasteiger partial charge in [0.25, 0.3) is 0 Å². The van der Waals surface area contributed by atoms with Gasteiger partial charge in [0.15, 0.2) is 0 Å². The number of nitrogens with one attached hydrogen (secondary N) is 2. The maximum Gasteiger partial charge on any atom is 0.121 e. The minimum Gasteiger partial charge on any atom is -0.341 e. The average molecular weight is 220 g/mol. The Hall–Kier alpha value is -1.13. The van der Waals surface area contributed by atoms with E-state index in [1.54, 1.807) is 0 Å². The number of nitrogens with zero attached hydrogens (tertiary/aromatic N) is 1. The Morgan fingerprint density at radius 1 is 1.31 bits per heavy atom. The van der Waals surface area contributed by atoms with Gasteiger partial charge in [0.1, 0.15) is 5.82 Å². The summed E-state index contributed by atoms with van der Waals surface area (Å²) in [7, 11) is 0. The number of imidazole rings is 1. The van der Waals surface area contributed by atoms with E-state index in [0.29, 0.717) is 0 Å². The summed E-state index contributed by atoms with van der Waals surface area (Å²) in [4.78, 5) is 7.88. The molecule has 4 nitrogen and oxygen atoms in total. The topological polar surface area (TPSA) is 66.7 Å². The minimum absolute atomic E-state index is 0.778. The number of fused-ring (bicyclic) bond motifs is 1. The number of aromatic amines is 1. The van der Waals surface area contributed by atoms with Crippen LogP contribution in [0.3, 0.4) is 0 Å². The summed E-state index contributed by atoms with van der Waals surface area (Å²) in [5, 5.41) is 5.67. The predicted molar refractivity (Wildman–Crippen MR) is 66.0 cm³/mol. The number of hydrogen-bond donors (Lipinski definition) is 3. The molecule has 0 fully saturated rings. The van der Waals surface area contributed by atoms with Crippen LogP contribution in [-0.2, 0) is 6.54 Å². The van der Waals surface area contributed by atoms with Gasteiger partial charge in [0.2, 0.25) is 0 Å². The van der Waals surface area contributed by atoms with Crippen molar-refractivity contribution < 1.29 is 0 Å². The molecule has 4 N–H and O–H groups in total. The van der Waals surface area contributed by atoms with E-state index < -0.39 is 0 Å². The van der Waals surface area contributed by atoms with Crippen molar-refractivity contribution in [3.8, 4) is 0 Å². The van der Waals surface area contributed by atoms with Gasteiger partial charge in [0, 0.05) is 0 Å². The molecule has 0 amide bonds. The molecule has 0 bridgehead atoms. The predicted octanol–water partition coefficient (Wildman–Crippen LogP) is -0.407. The standard InChI is InChI=1S/C12H20N4/c13-7-3-4-8-14-9-12-15-10-5-1-2-6-11(10)16-12/h5-6,14H,1-4,7-9,13H2,(H,15,16). The second-order valence-corrected chi connectivity index (χ2v) is 4.14. The van der Waals surface area contributed by atoms with Crippen LogP contribution in [0.1, 0.15) is 31.5 Å². The number of hydrogen-bond acceptors (Lipinski definition) is 3. The van der Waals surface area contributed by atoms with Gasteiger partial charge in [-0.3, -0.25) is 0 Å². The fraction of sp³-hybridized carbons (Fsp3) is 0.583. The Labute approximate surface area is 95.6 Å². The summed E-state index contributed by atoms with van der Waals surface area (Å²) in [5.41, 5.74) is 5.43. The first-order valence-electron chi connectivity index (χ1n) is 6.06. The van der Waals surface area contributed by atoms with Gasteiger partial charge < -0.3 is 16.0 Å². The van der Waals surface area contributed by atoms with E-state index in [2.05, 4.69) is 27.4 Å². The van der Waals surface area contributed by atoms with Crippen molar-refractivity contribution in [3.63, 3.8) is 0 Å². The molecule has 1 aromatic rings. The summed E-state index contributed by atoms with van der Waals surface area (Å²) >= 11 is 0. The fourth-order valence-corrected chi connectivity index (χ4v) is 1.90. The lowest BCUT2D eigenvalue weighted by Gasteiger charge is -2.00. The minimum atomic E-state index is 0.778. The lowest BCUT2D eigenvalue weighted by Crippen LogP contribution is -2.26. The summed E-state index contributed by atoms with van der Waals surface area (Å²) in [6.45, 7) is 2.61. The molecule has 0 unspecified atom stereocenters. The third-order valence-corrected chi connectivity index (χ3v) is 2.76. The van der Waals surface area contributed by atoms with Gasteiger partial charge in [-0.05, 0) is 38.8 Å². The van der Waals surface area contributed by atoms with Crippen molar-refractivity contribution in [1.29, 1.82) is 0 Å². The van der Waals surface area contributed by atoms with Gasteiger partial charge >= 0.3 is 0 Å². The maximum atomic E-state index is 5.43. The van der Waals surface area contributed by atoms with Crippen LogP contribution in [0, 0.1) is 0 Å². The van der Waals surface area contributed by atoms with Crippen LogP contribution in [-0.4, -0.2) is 23.1 Å². The summed E-state index contributed by atoms with van der Waals surface area (Å²) in [6, 6.07) is 0. The fourth-order valence-electron chi connectivity index (χ4n) is 1.90. The largest absolute Gasteiger partial charge is 0.341 e. The van der Waals surface area contributed by atoms with Crippen molar-refractivity contribution in [2.75, 3.05) is 13.1 Å². The molecule has 0 aliphatic heterocycles. The molecule has 4 heteroatoms. The SMILES string of the molecule is NCCCCNCc1nc2c([nH]1)=CCCC=2. The normalized spacial score (nSPS) is 14.1. The number of nitrogens with two attached hydrogens (primary N) is 1. The van der Waals surface area contributed by atoms with Crippen LogP contribution in [0.4, 0.5) is 0 Å². The van der Waals surface area contributed by atoms with Crippen LogP contribution in [0.25, 0.3) is 12.2 Å². The van der Waals surface area contributed by atoms with Crippen LogP contribution in [0.2, 0.25) is 0 Å². The second-order valence-electron chi connectivity index (χ2n) is 4.14. The second kappa shape index (κ2) is 5.82. The number of H-pyrrole nitrogens is 1. The van der Waals surface area contributed by atoms with Crippen LogP contribution < -0.4 is 21.7 Å². The molecule has 0 spiro atoms. The Morgan fingerprint density at radius 2 is 2.19 bits per heavy atom. The van der Waals surface area contributed by atoms with Gasteiger partial charge in [0.05, 0.1) is 17.2 Å². The Balaban J connectivity index is 1.84. The van der Waals surface area contributed by atoms with E-state index in [1.807, 2.05) is 0 Å². The van der Waals surface area contributed by atoms with Crippen LogP contribution in [0.15, 0.2) is 0 Å². The van der Waals surface area contributed by atoms with E-state index in [0.717, 1.165) is 56.5 Å². The summed E-state index contributed by atoms with van der Waals surface area (Å²) < 4.78 is 0. The third-order valence-electron chi connectivity index (χ3n) is 2.76. The zero-order valence-electron chi connectivity index (χ0n) is 9.63. The maximum absolute atomic E-state index is 5.43. The van der Waals surface area contributed by atoms with E-state index in [9.17, 15) is 0 Å². The van der Waals surface area contributed by atoms with Crippen molar-refractivity contribution in [3.05, 3.63) is 16.5 Å². The molecule has 0 atom stereocenters. The first kappa shape index (κ1) is 11.4. The monoisotopic (exact) mass is 220 g/mol. The van der Waals surface area contributed by atoms with Crippen molar-refractivity contribution in [2.45, 2.75) is 32.2 Å². The van der Waals surface area contributed by atoms with Crippen LogP contribution in [0.5, 0.6) is 0 Å². The first-order valence-corrected chi connectivity index (χ1v) is 6.06. The molecule has 0 aromatic carbocycles. The van der Waals surface area contributed by atoms with E-state index in [4.69, 9.17) is 5.73 Å². The van der Waals surface area contributed by atoms with Gasteiger partial charge in [-0.15, -0.1) is 0 Å². The average Bonchev–Trinajstić information content (AvgIpc) is 2.71. The Kier molecular flexibility index (Phi) is 4.13. The first-order chi connectivity index (χ1) is 7.90. The highest BCUT2D eigenvalue weighted by atomic mass is 15.0. The quantitative estimate of drug-likeness (QED) is 0.571. The lowest BCUT2D eigenvalue weighted by atomic mass is 10.2. The molecule has 1 aromatic heterocycles. The highest BCUT2D eigenvalue weighted by Gasteiger charge is 2.00. The van der Waals surface area contributed by atoms with E-state index >= 15 is 0 Å². The third kappa shape index (κ3) is 2.93. The molecule has 1 aliphatic rings. The van der Waals surface area contributed by atoms with Gasteiger partial charge in [-0.25, -0.2) is 4.98 Å². The summed E-state index contributed by atoms with van der Waals surface area (Å²) in [5.74, 6) is 1.03. The molecule has 2 rings (SSSR count). The van der Waals surface area contributed by atoms with Gasteiger partial charge in [-0.2, -0.15) is 0 Å². The Morgan fingerprint density at radius 3 is 3.00 bits per heavy atom. The smallest absolute Gasteiger partial charge is 0.121 e. The molecule has 0 saturated heterocycles. The molecule has 0 saturated carbocycles. The molecular weight excluding hydrogens is 200 g/mol. The highest BCUT2D eigenvalue weighted by molar-refractivity contribution is 5.33. The number of unbranched alkanes of at least 4 members (excludes halogenated alkanes) is 1. The zero-order chi connectivity index (χ0) is 11.2.